The van der Waals surface area contributed by atoms with E-state index in [0.717, 1.165) is 4.90 Å². The average Bonchev–Trinajstić information content (AvgIpc) is 3.01. The van der Waals surface area contributed by atoms with Crippen LogP contribution in [0.5, 0.6) is 0 Å². The van der Waals surface area contributed by atoms with Gasteiger partial charge in [0, 0.05) is 13.5 Å². The molecule has 9 heteroatoms. The SMILES string of the molecule is COC(=O)[C@@H]1CC(O[Si](C)(C)C(C)(C)C)=C[C@H](OC)[C@@]12C(=O)N(C(=O)OC(C)(C)C)c1ccccc12. The van der Waals surface area contributed by atoms with Gasteiger partial charge in [0.2, 0.25) is 8.32 Å². The molecule has 0 radical (unpaired) electrons. The van der Waals surface area contributed by atoms with Crippen LogP contribution < -0.4 is 4.90 Å². The normalized spacial score (nSPS) is 24.3. The number of amides is 2. The van der Waals surface area contributed by atoms with Crippen molar-refractivity contribution in [1.82, 2.24) is 0 Å². The number of anilines is 1. The zero-order valence-electron chi connectivity index (χ0n) is 23.1. The van der Waals surface area contributed by atoms with Crippen molar-refractivity contribution in [3.63, 3.8) is 0 Å². The molecule has 0 N–H and O–H groups in total. The van der Waals surface area contributed by atoms with Crippen molar-refractivity contribution in [2.24, 2.45) is 5.92 Å². The van der Waals surface area contributed by atoms with Gasteiger partial charge < -0.3 is 18.6 Å². The largest absolute Gasteiger partial charge is 0.547 e. The van der Waals surface area contributed by atoms with E-state index in [1.807, 2.05) is 0 Å². The fourth-order valence-electron chi connectivity index (χ4n) is 4.68. The summed E-state index contributed by atoms with van der Waals surface area (Å²) in [5.41, 5.74) is -1.45. The summed E-state index contributed by atoms with van der Waals surface area (Å²) in [6.07, 6.45) is 0.243. The topological polar surface area (TPSA) is 91.4 Å². The molecule has 0 bridgehead atoms. The Balaban J connectivity index is 2.22. The minimum atomic E-state index is -2.25. The molecule has 0 saturated carbocycles. The van der Waals surface area contributed by atoms with E-state index in [1.165, 1.54) is 14.2 Å². The average molecular weight is 518 g/mol. The van der Waals surface area contributed by atoms with Crippen LogP contribution in [-0.2, 0) is 33.6 Å². The Kier molecular flexibility index (Phi) is 7.24. The number of esters is 1. The summed E-state index contributed by atoms with van der Waals surface area (Å²) in [5.74, 6) is -1.53. The van der Waals surface area contributed by atoms with E-state index in [-0.39, 0.29) is 11.5 Å². The van der Waals surface area contributed by atoms with Crippen LogP contribution in [-0.4, -0.2) is 52.2 Å². The number of hydrogen-bond acceptors (Lipinski definition) is 7. The first-order chi connectivity index (χ1) is 16.5. The fraction of sp³-hybridized carbons (Fsp3) is 0.593. The van der Waals surface area contributed by atoms with Gasteiger partial charge in [-0.15, -0.1) is 0 Å². The second-order valence-electron chi connectivity index (χ2n) is 11.9. The van der Waals surface area contributed by atoms with Gasteiger partial charge in [0.05, 0.1) is 30.6 Å². The number of fused-ring (bicyclic) bond motifs is 2. The lowest BCUT2D eigenvalue weighted by Gasteiger charge is -2.45. The number of carbonyl (C=O) groups is 3. The molecule has 36 heavy (non-hydrogen) atoms. The third-order valence-electron chi connectivity index (χ3n) is 7.40. The van der Waals surface area contributed by atoms with Crippen molar-refractivity contribution in [1.29, 1.82) is 0 Å². The number of benzene rings is 1. The number of para-hydroxylation sites is 1. The highest BCUT2D eigenvalue weighted by Crippen LogP contribution is 2.54. The lowest BCUT2D eigenvalue weighted by atomic mass is 9.63. The highest BCUT2D eigenvalue weighted by atomic mass is 28.4. The smallest absolute Gasteiger partial charge is 0.421 e. The molecule has 0 saturated heterocycles. The Hall–Kier alpha value is -2.65. The van der Waals surface area contributed by atoms with Crippen molar-refractivity contribution in [3.8, 4) is 0 Å². The monoisotopic (exact) mass is 517 g/mol. The summed E-state index contributed by atoms with van der Waals surface area (Å²) >= 11 is 0. The maximum atomic E-state index is 14.3. The summed E-state index contributed by atoms with van der Waals surface area (Å²) in [7, 11) is 0.525. The van der Waals surface area contributed by atoms with Gasteiger partial charge in [-0.1, -0.05) is 39.0 Å². The molecule has 1 aromatic carbocycles. The Labute approximate surface area is 215 Å². The van der Waals surface area contributed by atoms with E-state index in [0.29, 0.717) is 17.0 Å². The highest BCUT2D eigenvalue weighted by molar-refractivity contribution is 6.74. The Bertz CT molecular complexity index is 1080. The zero-order valence-corrected chi connectivity index (χ0v) is 24.1. The number of rotatable bonds is 4. The lowest BCUT2D eigenvalue weighted by molar-refractivity contribution is -0.155. The first kappa shape index (κ1) is 27.9. The van der Waals surface area contributed by atoms with E-state index in [4.69, 9.17) is 18.6 Å². The molecule has 0 fully saturated rings. The van der Waals surface area contributed by atoms with Gasteiger partial charge in [0.25, 0.3) is 5.91 Å². The van der Waals surface area contributed by atoms with Crippen molar-refractivity contribution in [3.05, 3.63) is 41.7 Å². The lowest BCUT2D eigenvalue weighted by Crippen LogP contribution is -2.59. The van der Waals surface area contributed by atoms with Gasteiger partial charge in [-0.25, -0.2) is 9.69 Å². The molecule has 1 aliphatic carbocycles. The molecule has 1 aromatic rings. The van der Waals surface area contributed by atoms with Crippen molar-refractivity contribution in [2.45, 2.75) is 83.2 Å². The zero-order chi connectivity index (χ0) is 27.3. The van der Waals surface area contributed by atoms with Gasteiger partial charge >= 0.3 is 12.1 Å². The second-order valence-corrected chi connectivity index (χ2v) is 16.7. The van der Waals surface area contributed by atoms with Crippen LogP contribution in [0.15, 0.2) is 36.1 Å². The van der Waals surface area contributed by atoms with E-state index >= 15 is 0 Å². The van der Waals surface area contributed by atoms with Gasteiger partial charge in [0.15, 0.2) is 0 Å². The first-order valence-electron chi connectivity index (χ1n) is 12.2. The van der Waals surface area contributed by atoms with Crippen molar-refractivity contribution < 1.29 is 33.0 Å². The molecular weight excluding hydrogens is 478 g/mol. The molecule has 1 heterocycles. The maximum Gasteiger partial charge on any atom is 0.421 e. The molecule has 1 aliphatic heterocycles. The van der Waals surface area contributed by atoms with Crippen LogP contribution >= 0.6 is 0 Å². The molecule has 3 rings (SSSR count). The number of imide groups is 1. The fourth-order valence-corrected chi connectivity index (χ4v) is 5.79. The molecule has 0 unspecified atom stereocenters. The van der Waals surface area contributed by atoms with E-state index in [2.05, 4.69) is 33.9 Å². The van der Waals surface area contributed by atoms with Crippen LogP contribution in [0.4, 0.5) is 10.5 Å². The number of methoxy groups -OCH3 is 2. The highest BCUT2D eigenvalue weighted by Gasteiger charge is 2.65. The molecule has 8 nitrogen and oxygen atoms in total. The molecular formula is C27H39NO7Si. The molecule has 3 atom stereocenters. The van der Waals surface area contributed by atoms with E-state index in [9.17, 15) is 14.4 Å². The van der Waals surface area contributed by atoms with E-state index in [1.54, 1.807) is 51.1 Å². The van der Waals surface area contributed by atoms with Crippen LogP contribution in [0.1, 0.15) is 53.5 Å². The predicted molar refractivity (Wildman–Crippen MR) is 139 cm³/mol. The van der Waals surface area contributed by atoms with Crippen LogP contribution in [0.25, 0.3) is 0 Å². The van der Waals surface area contributed by atoms with Crippen LogP contribution in [0.3, 0.4) is 0 Å². The third kappa shape index (κ3) is 4.59. The van der Waals surface area contributed by atoms with Gasteiger partial charge in [-0.2, -0.15) is 0 Å². The molecule has 198 valence electrons. The summed E-state index contributed by atoms with van der Waals surface area (Å²) in [5, 5.41) is -0.0738. The standard InChI is InChI=1S/C27H39NO7Si/c1-25(2,3)34-24(31)28-20-14-12-11-13-18(20)27(23(28)30)19(22(29)33-8)15-17(16-21(27)32-7)35-36(9,10)26(4,5)6/h11-14,16,19,21H,15H2,1-10H3/t19-,21-,27-/m0/s1. The summed E-state index contributed by atoms with van der Waals surface area (Å²) < 4.78 is 23.2. The first-order valence-corrected chi connectivity index (χ1v) is 15.1. The van der Waals surface area contributed by atoms with Gasteiger partial charge in [0.1, 0.15) is 11.0 Å². The third-order valence-corrected chi connectivity index (χ3v) is 11.8. The summed E-state index contributed by atoms with van der Waals surface area (Å²) in [4.78, 5) is 41.9. The Morgan fingerprint density at radius 2 is 1.67 bits per heavy atom. The molecule has 0 aromatic heterocycles. The predicted octanol–water partition coefficient (Wildman–Crippen LogP) is 5.32. The second kappa shape index (κ2) is 9.34. The number of nitrogens with zero attached hydrogens (tertiary/aromatic N) is 1. The van der Waals surface area contributed by atoms with E-state index < -0.39 is 49.3 Å². The minimum Gasteiger partial charge on any atom is -0.547 e. The molecule has 1 spiro atoms. The van der Waals surface area contributed by atoms with Gasteiger partial charge in [-0.3, -0.25) is 9.59 Å². The number of hydrogen-bond donors (Lipinski definition) is 0. The summed E-state index contributed by atoms with van der Waals surface area (Å²) in [6, 6.07) is 6.95. The van der Waals surface area contributed by atoms with Gasteiger partial charge in [-0.05, 0) is 56.6 Å². The number of allylic oxidation sites excluding steroid dienone is 1. The van der Waals surface area contributed by atoms with Crippen molar-refractivity contribution in [2.75, 3.05) is 19.1 Å². The molecule has 2 aliphatic rings. The quantitative estimate of drug-likeness (QED) is 0.394. The Morgan fingerprint density at radius 3 is 2.19 bits per heavy atom. The Morgan fingerprint density at radius 1 is 1.06 bits per heavy atom. The summed E-state index contributed by atoms with van der Waals surface area (Å²) in [6.45, 7) is 15.8. The van der Waals surface area contributed by atoms with Crippen molar-refractivity contribution >= 4 is 32.0 Å². The maximum absolute atomic E-state index is 14.3. The van der Waals surface area contributed by atoms with Crippen LogP contribution in [0.2, 0.25) is 18.1 Å². The number of ether oxygens (including phenoxy) is 3. The van der Waals surface area contributed by atoms with Crippen LogP contribution in [0, 0.1) is 5.92 Å². The molecule has 2 amide bonds. The minimum absolute atomic E-state index is 0.0738. The number of carbonyl (C=O) groups excluding carboxylic acids is 3.